The molecule has 0 aliphatic heterocycles. The van der Waals surface area contributed by atoms with Crippen molar-refractivity contribution in [3.05, 3.63) is 48.4 Å². The summed E-state index contributed by atoms with van der Waals surface area (Å²) in [5.74, 6) is 5.00. The number of nitrogen functional groups attached to an aromatic ring is 1. The van der Waals surface area contributed by atoms with Crippen LogP contribution < -0.4 is 11.3 Å². The topological polar surface area (TPSA) is 50.9 Å². The second kappa shape index (κ2) is 4.06. The number of rotatable bonds is 2. The lowest BCUT2D eigenvalue weighted by molar-refractivity contribution is 0.628. The van der Waals surface area contributed by atoms with E-state index in [-0.39, 0.29) is 5.82 Å². The fraction of sp³-hybridized carbons (Fsp3) is 0. The largest absolute Gasteiger partial charge is 0.324 e. The molecule has 0 saturated heterocycles. The average Bonchev–Trinajstić information content (AvgIpc) is 2.29. The molecule has 76 valence electrons. The number of aromatic nitrogens is 1. The van der Waals surface area contributed by atoms with Gasteiger partial charge in [-0.3, -0.25) is 10.8 Å². The van der Waals surface area contributed by atoms with Crippen molar-refractivity contribution in [2.24, 2.45) is 5.84 Å². The van der Waals surface area contributed by atoms with Crippen molar-refractivity contribution < 1.29 is 4.39 Å². The summed E-state index contributed by atoms with van der Waals surface area (Å²) in [7, 11) is 0. The number of nitrogens with one attached hydrogen (secondary N) is 1. The SMILES string of the molecule is NNc1ccnc(-c2cccc(F)c2)c1. The van der Waals surface area contributed by atoms with E-state index in [1.54, 1.807) is 30.5 Å². The van der Waals surface area contributed by atoms with Crippen LogP contribution in [0.3, 0.4) is 0 Å². The third-order valence-electron chi connectivity index (χ3n) is 2.05. The van der Waals surface area contributed by atoms with E-state index in [1.807, 2.05) is 0 Å². The van der Waals surface area contributed by atoms with Gasteiger partial charge in [-0.1, -0.05) is 12.1 Å². The molecule has 1 heterocycles. The van der Waals surface area contributed by atoms with Crippen LogP contribution in [0, 0.1) is 5.82 Å². The summed E-state index contributed by atoms with van der Waals surface area (Å²) in [5.41, 5.74) is 4.67. The highest BCUT2D eigenvalue weighted by Crippen LogP contribution is 2.20. The van der Waals surface area contributed by atoms with Gasteiger partial charge < -0.3 is 5.43 Å². The van der Waals surface area contributed by atoms with Crippen molar-refractivity contribution in [3.8, 4) is 11.3 Å². The van der Waals surface area contributed by atoms with Gasteiger partial charge in [-0.05, 0) is 24.3 Å². The average molecular weight is 203 g/mol. The molecule has 2 aromatic rings. The summed E-state index contributed by atoms with van der Waals surface area (Å²) in [5, 5.41) is 0. The Labute approximate surface area is 86.7 Å². The monoisotopic (exact) mass is 203 g/mol. The highest BCUT2D eigenvalue weighted by atomic mass is 19.1. The van der Waals surface area contributed by atoms with Gasteiger partial charge in [-0.2, -0.15) is 0 Å². The van der Waals surface area contributed by atoms with Crippen LogP contribution in [-0.2, 0) is 0 Å². The minimum Gasteiger partial charge on any atom is -0.324 e. The van der Waals surface area contributed by atoms with Gasteiger partial charge in [0.25, 0.3) is 0 Å². The van der Waals surface area contributed by atoms with Crippen LogP contribution in [0.2, 0.25) is 0 Å². The zero-order valence-corrected chi connectivity index (χ0v) is 7.94. The first-order chi connectivity index (χ1) is 7.29. The second-order valence-electron chi connectivity index (χ2n) is 3.08. The smallest absolute Gasteiger partial charge is 0.123 e. The van der Waals surface area contributed by atoms with Crippen molar-refractivity contribution in [3.63, 3.8) is 0 Å². The van der Waals surface area contributed by atoms with E-state index in [2.05, 4.69) is 10.4 Å². The minimum absolute atomic E-state index is 0.277. The Bertz CT molecular complexity index is 471. The number of hydrazine groups is 1. The summed E-state index contributed by atoms with van der Waals surface area (Å²) < 4.78 is 13.0. The molecule has 15 heavy (non-hydrogen) atoms. The first-order valence-electron chi connectivity index (χ1n) is 4.48. The van der Waals surface area contributed by atoms with Crippen molar-refractivity contribution in [2.45, 2.75) is 0 Å². The predicted molar refractivity (Wildman–Crippen MR) is 57.4 cm³/mol. The van der Waals surface area contributed by atoms with Crippen LogP contribution >= 0.6 is 0 Å². The van der Waals surface area contributed by atoms with Crippen molar-refractivity contribution in [2.75, 3.05) is 5.43 Å². The maximum absolute atomic E-state index is 13.0. The molecule has 0 spiro atoms. The van der Waals surface area contributed by atoms with E-state index in [4.69, 9.17) is 5.84 Å². The molecule has 0 unspecified atom stereocenters. The molecular formula is C11H10FN3. The Hall–Kier alpha value is -1.94. The van der Waals surface area contributed by atoms with Gasteiger partial charge in [0.05, 0.1) is 11.4 Å². The van der Waals surface area contributed by atoms with Crippen LogP contribution in [0.5, 0.6) is 0 Å². The standard InChI is InChI=1S/C11H10FN3/c12-9-3-1-2-8(6-9)11-7-10(15-13)4-5-14-11/h1-7H,13H2,(H,14,15). The van der Waals surface area contributed by atoms with Crippen LogP contribution in [-0.4, -0.2) is 4.98 Å². The number of hydrogen-bond acceptors (Lipinski definition) is 3. The summed E-state index contributed by atoms with van der Waals surface area (Å²) >= 11 is 0. The molecule has 0 amide bonds. The zero-order chi connectivity index (χ0) is 10.7. The van der Waals surface area contributed by atoms with E-state index < -0.39 is 0 Å². The maximum Gasteiger partial charge on any atom is 0.123 e. The van der Waals surface area contributed by atoms with Crippen LogP contribution in [0.1, 0.15) is 0 Å². The van der Waals surface area contributed by atoms with Gasteiger partial charge in [-0.25, -0.2) is 4.39 Å². The number of benzene rings is 1. The first kappa shape index (κ1) is 9.61. The highest BCUT2D eigenvalue weighted by molar-refractivity contribution is 5.63. The third-order valence-corrected chi connectivity index (χ3v) is 2.05. The zero-order valence-electron chi connectivity index (χ0n) is 7.94. The van der Waals surface area contributed by atoms with Gasteiger partial charge in [0.15, 0.2) is 0 Å². The second-order valence-corrected chi connectivity index (χ2v) is 3.08. The number of nitrogens with two attached hydrogens (primary N) is 1. The van der Waals surface area contributed by atoms with Crippen molar-refractivity contribution in [1.29, 1.82) is 0 Å². The van der Waals surface area contributed by atoms with E-state index >= 15 is 0 Å². The lowest BCUT2D eigenvalue weighted by Crippen LogP contribution is -2.06. The summed E-state index contributed by atoms with van der Waals surface area (Å²) in [6, 6.07) is 9.77. The molecule has 0 atom stereocenters. The Morgan fingerprint density at radius 3 is 2.80 bits per heavy atom. The van der Waals surface area contributed by atoms with Crippen LogP contribution in [0.4, 0.5) is 10.1 Å². The van der Waals surface area contributed by atoms with Crippen molar-refractivity contribution in [1.82, 2.24) is 4.98 Å². The van der Waals surface area contributed by atoms with E-state index in [0.717, 1.165) is 11.3 Å². The molecule has 1 aromatic heterocycles. The predicted octanol–water partition coefficient (Wildman–Crippen LogP) is 2.17. The highest BCUT2D eigenvalue weighted by Gasteiger charge is 2.01. The quantitative estimate of drug-likeness (QED) is 0.581. The van der Waals surface area contributed by atoms with Crippen molar-refractivity contribution >= 4 is 5.69 Å². The normalized spacial score (nSPS) is 10.0. The Balaban J connectivity index is 2.44. The Morgan fingerprint density at radius 2 is 2.07 bits per heavy atom. The molecule has 4 heteroatoms. The molecule has 0 bridgehead atoms. The Morgan fingerprint density at radius 1 is 1.20 bits per heavy atom. The first-order valence-corrected chi connectivity index (χ1v) is 4.48. The van der Waals surface area contributed by atoms with E-state index in [0.29, 0.717) is 5.69 Å². The molecule has 0 radical (unpaired) electrons. The summed E-state index contributed by atoms with van der Waals surface area (Å²) in [6.45, 7) is 0. The van der Waals surface area contributed by atoms with Gasteiger partial charge in [0.1, 0.15) is 5.82 Å². The lowest BCUT2D eigenvalue weighted by atomic mass is 10.1. The molecular weight excluding hydrogens is 193 g/mol. The fourth-order valence-electron chi connectivity index (χ4n) is 1.33. The molecule has 3 nitrogen and oxygen atoms in total. The third kappa shape index (κ3) is 2.11. The molecule has 0 fully saturated rings. The number of anilines is 1. The number of hydrogen-bond donors (Lipinski definition) is 2. The maximum atomic E-state index is 13.0. The molecule has 0 aliphatic rings. The molecule has 1 aromatic carbocycles. The van der Waals surface area contributed by atoms with Gasteiger partial charge in [-0.15, -0.1) is 0 Å². The van der Waals surface area contributed by atoms with Gasteiger partial charge >= 0.3 is 0 Å². The molecule has 0 aliphatic carbocycles. The Kier molecular flexibility index (Phi) is 2.60. The van der Waals surface area contributed by atoms with Crippen LogP contribution in [0.15, 0.2) is 42.6 Å². The molecule has 3 N–H and O–H groups in total. The van der Waals surface area contributed by atoms with E-state index in [9.17, 15) is 4.39 Å². The summed E-state index contributed by atoms with van der Waals surface area (Å²) in [6.07, 6.45) is 1.62. The number of halogens is 1. The number of pyridine rings is 1. The fourth-order valence-corrected chi connectivity index (χ4v) is 1.33. The van der Waals surface area contributed by atoms with Gasteiger partial charge in [0, 0.05) is 11.8 Å². The summed E-state index contributed by atoms with van der Waals surface area (Å²) in [4.78, 5) is 4.14. The van der Waals surface area contributed by atoms with E-state index in [1.165, 1.54) is 12.1 Å². The number of nitrogens with zero attached hydrogens (tertiary/aromatic N) is 1. The molecule has 2 rings (SSSR count). The van der Waals surface area contributed by atoms with Gasteiger partial charge in [0.2, 0.25) is 0 Å². The minimum atomic E-state index is -0.277. The molecule has 0 saturated carbocycles. The lowest BCUT2D eigenvalue weighted by Gasteiger charge is -2.03. The van der Waals surface area contributed by atoms with Crippen LogP contribution in [0.25, 0.3) is 11.3 Å².